The van der Waals surface area contributed by atoms with E-state index in [1.54, 1.807) is 0 Å². The minimum atomic E-state index is -4.80. The van der Waals surface area contributed by atoms with Gasteiger partial charge in [0.25, 0.3) is 0 Å². The predicted octanol–water partition coefficient (Wildman–Crippen LogP) is 1.98. The molecular weight excluding hydrogens is 251 g/mol. The van der Waals surface area contributed by atoms with Gasteiger partial charge in [0, 0.05) is 0 Å². The molecule has 2 rings (SSSR count). The molecule has 0 atom stereocenters. The summed E-state index contributed by atoms with van der Waals surface area (Å²) in [4.78, 5) is 10.4. The van der Waals surface area contributed by atoms with Gasteiger partial charge in [-0.3, -0.25) is 4.79 Å². The highest BCUT2D eigenvalue weighted by molar-refractivity contribution is 5.71. The molecule has 0 aliphatic rings. The third-order valence-corrected chi connectivity index (χ3v) is 1.97. The maximum atomic E-state index is 12.2. The summed E-state index contributed by atoms with van der Waals surface area (Å²) in [6.45, 7) is 0. The fourth-order valence-corrected chi connectivity index (χ4v) is 1.31. The van der Waals surface area contributed by atoms with Gasteiger partial charge in [0.05, 0.1) is 6.20 Å². The van der Waals surface area contributed by atoms with Crippen LogP contribution in [0.15, 0.2) is 30.5 Å². The number of carbonyl (C=O) groups is 1. The summed E-state index contributed by atoms with van der Waals surface area (Å²) in [6.07, 6.45) is -3.16. The molecule has 94 valence electrons. The summed E-state index contributed by atoms with van der Waals surface area (Å²) < 4.78 is 41.4. The molecule has 18 heavy (non-hydrogen) atoms. The Balaban J connectivity index is 2.41. The van der Waals surface area contributed by atoms with Crippen molar-refractivity contribution in [1.29, 1.82) is 0 Å². The average molecular weight is 257 g/mol. The molecule has 0 aliphatic carbocycles. The maximum absolute atomic E-state index is 12.2. The highest BCUT2D eigenvalue weighted by Crippen LogP contribution is 2.28. The largest absolute Gasteiger partial charge is 0.573 e. The predicted molar refractivity (Wildman–Crippen MR) is 53.4 cm³/mol. The fourth-order valence-electron chi connectivity index (χ4n) is 1.31. The third-order valence-electron chi connectivity index (χ3n) is 1.97. The average Bonchev–Trinajstić information content (AvgIpc) is 2.76. The van der Waals surface area contributed by atoms with E-state index in [4.69, 9.17) is 0 Å². The molecule has 0 saturated heterocycles. The van der Waals surface area contributed by atoms with Gasteiger partial charge in [0.1, 0.15) is 11.4 Å². The first-order chi connectivity index (χ1) is 8.49. The Morgan fingerprint density at radius 2 is 2.00 bits per heavy atom. The molecule has 0 spiro atoms. The van der Waals surface area contributed by atoms with Crippen molar-refractivity contribution in [3.63, 3.8) is 0 Å². The van der Waals surface area contributed by atoms with E-state index in [1.807, 2.05) is 0 Å². The number of nitrogens with zero attached hydrogens (tertiary/aromatic N) is 3. The number of hydrogen-bond acceptors (Lipinski definition) is 4. The van der Waals surface area contributed by atoms with Gasteiger partial charge in [-0.1, -0.05) is 17.3 Å². The Bertz CT molecular complexity index is 565. The molecule has 1 aromatic carbocycles. The molecule has 5 nitrogen and oxygen atoms in total. The minimum Gasteiger partial charge on any atom is -0.403 e. The first-order valence-corrected chi connectivity index (χ1v) is 4.72. The van der Waals surface area contributed by atoms with Crippen molar-refractivity contribution in [3.05, 3.63) is 36.2 Å². The number of hydrogen-bond donors (Lipinski definition) is 0. The minimum absolute atomic E-state index is 0.0109. The Kier molecular flexibility index (Phi) is 3.00. The lowest BCUT2D eigenvalue weighted by atomic mass is 10.3. The highest BCUT2D eigenvalue weighted by Gasteiger charge is 2.32. The molecule has 0 amide bonds. The van der Waals surface area contributed by atoms with E-state index >= 15 is 0 Å². The molecule has 0 radical (unpaired) electrons. The van der Waals surface area contributed by atoms with Crippen molar-refractivity contribution in [2.75, 3.05) is 0 Å². The molecule has 1 heterocycles. The van der Waals surface area contributed by atoms with Gasteiger partial charge in [-0.25, -0.2) is 4.68 Å². The number of aldehydes is 1. The van der Waals surface area contributed by atoms with Crippen LogP contribution < -0.4 is 4.74 Å². The zero-order chi connectivity index (χ0) is 13.2. The summed E-state index contributed by atoms with van der Waals surface area (Å²) in [7, 11) is 0. The van der Waals surface area contributed by atoms with Gasteiger partial charge in [-0.2, -0.15) is 0 Å². The van der Waals surface area contributed by atoms with E-state index in [0.717, 1.165) is 10.7 Å². The fraction of sp³-hybridized carbons (Fsp3) is 0.100. The van der Waals surface area contributed by atoms with Gasteiger partial charge >= 0.3 is 6.36 Å². The topological polar surface area (TPSA) is 57.0 Å². The van der Waals surface area contributed by atoms with Gasteiger partial charge in [0.15, 0.2) is 12.0 Å². The molecule has 0 bridgehead atoms. The molecular formula is C10H6F3N3O2. The summed E-state index contributed by atoms with van der Waals surface area (Å²) in [5.74, 6) is -0.424. The van der Waals surface area contributed by atoms with E-state index in [2.05, 4.69) is 15.0 Å². The van der Waals surface area contributed by atoms with E-state index < -0.39 is 12.1 Å². The van der Waals surface area contributed by atoms with E-state index in [0.29, 0.717) is 6.29 Å². The number of benzene rings is 1. The van der Waals surface area contributed by atoms with Crippen molar-refractivity contribution in [2.24, 2.45) is 0 Å². The van der Waals surface area contributed by atoms with Crippen molar-refractivity contribution in [1.82, 2.24) is 15.0 Å². The van der Waals surface area contributed by atoms with Gasteiger partial charge in [-0.15, -0.1) is 18.3 Å². The number of para-hydroxylation sites is 2. The highest BCUT2D eigenvalue weighted by atomic mass is 19.4. The molecule has 8 heteroatoms. The van der Waals surface area contributed by atoms with Crippen LogP contribution in [-0.2, 0) is 0 Å². The van der Waals surface area contributed by atoms with Crippen LogP contribution >= 0.6 is 0 Å². The molecule has 2 aromatic rings. The van der Waals surface area contributed by atoms with Gasteiger partial charge < -0.3 is 4.74 Å². The lowest BCUT2D eigenvalue weighted by Gasteiger charge is -2.12. The van der Waals surface area contributed by atoms with Crippen LogP contribution in [0.4, 0.5) is 13.2 Å². The van der Waals surface area contributed by atoms with Crippen molar-refractivity contribution < 1.29 is 22.7 Å². The Hall–Kier alpha value is -2.38. The van der Waals surface area contributed by atoms with Crippen LogP contribution in [0.2, 0.25) is 0 Å². The van der Waals surface area contributed by atoms with Gasteiger partial charge in [-0.05, 0) is 12.1 Å². The molecule has 0 aliphatic heterocycles. The number of alkyl halides is 3. The van der Waals surface area contributed by atoms with E-state index in [9.17, 15) is 18.0 Å². The van der Waals surface area contributed by atoms with E-state index in [1.165, 1.54) is 24.4 Å². The van der Waals surface area contributed by atoms with Crippen molar-refractivity contribution >= 4 is 6.29 Å². The zero-order valence-electron chi connectivity index (χ0n) is 8.76. The van der Waals surface area contributed by atoms with Gasteiger partial charge in [0.2, 0.25) is 0 Å². The summed E-state index contributed by atoms with van der Waals surface area (Å²) in [5, 5.41) is 6.99. The first kappa shape index (κ1) is 12.1. The Morgan fingerprint density at radius 3 is 2.61 bits per heavy atom. The normalized spacial score (nSPS) is 11.3. The van der Waals surface area contributed by atoms with Crippen LogP contribution in [0, 0.1) is 0 Å². The Morgan fingerprint density at radius 1 is 1.28 bits per heavy atom. The summed E-state index contributed by atoms with van der Waals surface area (Å²) in [6, 6.07) is 5.42. The lowest BCUT2D eigenvalue weighted by molar-refractivity contribution is -0.274. The molecule has 0 N–H and O–H groups in total. The smallest absolute Gasteiger partial charge is 0.403 e. The summed E-state index contributed by atoms with van der Waals surface area (Å²) in [5.41, 5.74) is 0.0484. The van der Waals surface area contributed by atoms with Crippen LogP contribution in [0.5, 0.6) is 5.75 Å². The number of halogens is 3. The van der Waals surface area contributed by atoms with Crippen molar-refractivity contribution in [2.45, 2.75) is 6.36 Å². The second-order valence-electron chi connectivity index (χ2n) is 3.22. The van der Waals surface area contributed by atoms with Crippen LogP contribution in [-0.4, -0.2) is 27.6 Å². The van der Waals surface area contributed by atoms with Crippen molar-refractivity contribution in [3.8, 4) is 11.4 Å². The molecule has 0 saturated carbocycles. The SMILES string of the molecule is O=Cc1cn(-c2ccccc2OC(F)(F)F)nn1. The number of rotatable bonds is 3. The van der Waals surface area contributed by atoms with E-state index in [-0.39, 0.29) is 11.4 Å². The Labute approximate surface area is 98.8 Å². The molecule has 1 aromatic heterocycles. The molecule has 0 unspecified atom stereocenters. The first-order valence-electron chi connectivity index (χ1n) is 4.72. The quantitative estimate of drug-likeness (QED) is 0.789. The number of aromatic nitrogens is 3. The standard InChI is InChI=1S/C10H6F3N3O2/c11-10(12,13)18-9-4-2-1-3-8(9)16-5-7(6-17)14-15-16/h1-6H. The lowest BCUT2D eigenvalue weighted by Crippen LogP contribution is -2.18. The van der Waals surface area contributed by atoms with Crippen LogP contribution in [0.3, 0.4) is 0 Å². The van der Waals surface area contributed by atoms with Crippen LogP contribution in [0.25, 0.3) is 5.69 Å². The monoisotopic (exact) mass is 257 g/mol. The second-order valence-corrected chi connectivity index (χ2v) is 3.22. The second kappa shape index (κ2) is 4.47. The number of carbonyl (C=O) groups excluding carboxylic acids is 1. The molecule has 0 fully saturated rings. The van der Waals surface area contributed by atoms with Crippen LogP contribution in [0.1, 0.15) is 10.5 Å². The summed E-state index contributed by atoms with van der Waals surface area (Å²) >= 11 is 0. The zero-order valence-corrected chi connectivity index (χ0v) is 8.76. The maximum Gasteiger partial charge on any atom is 0.573 e. The third kappa shape index (κ3) is 2.65. The number of ether oxygens (including phenoxy) is 1.